The van der Waals surface area contributed by atoms with Crippen molar-refractivity contribution in [1.29, 1.82) is 0 Å². The van der Waals surface area contributed by atoms with E-state index < -0.39 is 0 Å². The number of fused-ring (bicyclic) bond motifs is 1. The Hall–Kier alpha value is -2.14. The highest BCUT2D eigenvalue weighted by Gasteiger charge is 2.19. The molecule has 2 aromatic rings. The molecule has 0 amide bonds. The van der Waals surface area contributed by atoms with Crippen LogP contribution in [-0.4, -0.2) is 55.2 Å². The van der Waals surface area contributed by atoms with Gasteiger partial charge in [-0.1, -0.05) is 25.1 Å². The summed E-state index contributed by atoms with van der Waals surface area (Å²) in [5, 5.41) is 1.21. The van der Waals surface area contributed by atoms with Gasteiger partial charge < -0.3 is 9.64 Å². The van der Waals surface area contributed by atoms with Crippen molar-refractivity contribution >= 4 is 22.6 Å². The smallest absolute Gasteiger partial charge is 0.320 e. The van der Waals surface area contributed by atoms with Crippen molar-refractivity contribution in [2.45, 2.75) is 26.7 Å². The van der Waals surface area contributed by atoms with Crippen LogP contribution in [0.25, 0.3) is 10.9 Å². The molecule has 0 saturated carbocycles. The predicted octanol–water partition coefficient (Wildman–Crippen LogP) is 2.87. The maximum absolute atomic E-state index is 11.7. The van der Waals surface area contributed by atoms with E-state index in [1.165, 1.54) is 11.1 Å². The Morgan fingerprint density at radius 3 is 2.80 bits per heavy atom. The molecule has 5 nitrogen and oxygen atoms in total. The molecule has 0 N–H and O–H groups in total. The summed E-state index contributed by atoms with van der Waals surface area (Å²) in [7, 11) is 0. The Bertz CT molecular complexity index is 732. The van der Waals surface area contributed by atoms with Crippen LogP contribution in [0.5, 0.6) is 0 Å². The summed E-state index contributed by atoms with van der Waals surface area (Å²) in [4.78, 5) is 21.1. The zero-order chi connectivity index (χ0) is 17.6. The first-order chi connectivity index (χ1) is 12.2. The van der Waals surface area contributed by atoms with Gasteiger partial charge in [0.25, 0.3) is 0 Å². The Morgan fingerprint density at radius 2 is 2.00 bits per heavy atom. The van der Waals surface area contributed by atoms with Gasteiger partial charge in [-0.2, -0.15) is 0 Å². The average molecular weight is 341 g/mol. The van der Waals surface area contributed by atoms with Crippen molar-refractivity contribution in [2.75, 3.05) is 44.2 Å². The van der Waals surface area contributed by atoms with Crippen LogP contribution in [0.3, 0.4) is 0 Å². The molecule has 0 unspecified atom stereocenters. The number of pyridine rings is 1. The summed E-state index contributed by atoms with van der Waals surface area (Å²) >= 11 is 0. The first-order valence-corrected chi connectivity index (χ1v) is 9.22. The van der Waals surface area contributed by atoms with E-state index in [-0.39, 0.29) is 5.97 Å². The van der Waals surface area contributed by atoms with E-state index in [9.17, 15) is 4.79 Å². The lowest BCUT2D eigenvalue weighted by atomic mass is 10.1. The number of para-hydroxylation sites is 1. The fraction of sp³-hybridized carbons (Fsp3) is 0.500. The monoisotopic (exact) mass is 341 g/mol. The van der Waals surface area contributed by atoms with Gasteiger partial charge in [-0.05, 0) is 31.9 Å². The second kappa shape index (κ2) is 8.30. The molecular formula is C20H27N3O2. The number of carbonyl (C=O) groups excluding carboxylic acids is 1. The minimum atomic E-state index is -0.126. The molecular weight excluding hydrogens is 314 g/mol. The SMILES string of the molecule is CCOC(=O)CN1CCCN(c2cc(CC)nc3ccccc23)CC1. The quantitative estimate of drug-likeness (QED) is 0.783. The van der Waals surface area contributed by atoms with Crippen molar-refractivity contribution in [1.82, 2.24) is 9.88 Å². The zero-order valence-corrected chi connectivity index (χ0v) is 15.2. The molecule has 1 fully saturated rings. The number of esters is 1. The lowest BCUT2D eigenvalue weighted by molar-refractivity contribution is -0.144. The van der Waals surface area contributed by atoms with Crippen LogP contribution >= 0.6 is 0 Å². The van der Waals surface area contributed by atoms with Gasteiger partial charge in [0.15, 0.2) is 0 Å². The molecule has 0 aliphatic carbocycles. The lowest BCUT2D eigenvalue weighted by Crippen LogP contribution is -2.35. The highest BCUT2D eigenvalue weighted by molar-refractivity contribution is 5.92. The number of aromatic nitrogens is 1. The summed E-state index contributed by atoms with van der Waals surface area (Å²) in [5.41, 5.74) is 3.45. The highest BCUT2D eigenvalue weighted by atomic mass is 16.5. The summed E-state index contributed by atoms with van der Waals surface area (Å²) in [6.45, 7) is 8.54. The third-order valence-electron chi connectivity index (χ3n) is 4.70. The Morgan fingerprint density at radius 1 is 1.16 bits per heavy atom. The predicted molar refractivity (Wildman–Crippen MR) is 101 cm³/mol. The lowest BCUT2D eigenvalue weighted by Gasteiger charge is -2.25. The number of ether oxygens (including phenoxy) is 1. The number of rotatable bonds is 5. The molecule has 25 heavy (non-hydrogen) atoms. The molecule has 5 heteroatoms. The molecule has 1 aliphatic rings. The number of aryl methyl sites for hydroxylation is 1. The topological polar surface area (TPSA) is 45.7 Å². The van der Waals surface area contributed by atoms with E-state index in [1.54, 1.807) is 0 Å². The third-order valence-corrected chi connectivity index (χ3v) is 4.70. The van der Waals surface area contributed by atoms with Gasteiger partial charge >= 0.3 is 5.97 Å². The summed E-state index contributed by atoms with van der Waals surface area (Å²) in [6.07, 6.45) is 1.97. The molecule has 1 saturated heterocycles. The molecule has 0 radical (unpaired) electrons. The van der Waals surface area contributed by atoms with E-state index in [2.05, 4.69) is 41.0 Å². The van der Waals surface area contributed by atoms with Gasteiger partial charge in [0.1, 0.15) is 0 Å². The summed E-state index contributed by atoms with van der Waals surface area (Å²) in [5.74, 6) is -0.126. The van der Waals surface area contributed by atoms with Crippen molar-refractivity contribution in [2.24, 2.45) is 0 Å². The maximum atomic E-state index is 11.7. The Kier molecular flexibility index (Phi) is 5.87. The van der Waals surface area contributed by atoms with E-state index in [1.807, 2.05) is 13.0 Å². The van der Waals surface area contributed by atoms with Gasteiger partial charge in [-0.15, -0.1) is 0 Å². The van der Waals surface area contributed by atoms with Crippen LogP contribution < -0.4 is 4.90 Å². The molecule has 2 heterocycles. The van der Waals surface area contributed by atoms with Crippen molar-refractivity contribution in [3.8, 4) is 0 Å². The van der Waals surface area contributed by atoms with Gasteiger partial charge in [0.05, 0.1) is 18.7 Å². The maximum Gasteiger partial charge on any atom is 0.320 e. The Labute approximate surface area is 149 Å². The first-order valence-electron chi connectivity index (χ1n) is 9.22. The van der Waals surface area contributed by atoms with E-state index in [0.717, 1.165) is 50.2 Å². The summed E-state index contributed by atoms with van der Waals surface area (Å²) < 4.78 is 5.08. The molecule has 0 atom stereocenters. The van der Waals surface area contributed by atoms with Crippen molar-refractivity contribution in [3.63, 3.8) is 0 Å². The van der Waals surface area contributed by atoms with E-state index in [4.69, 9.17) is 9.72 Å². The van der Waals surface area contributed by atoms with Gasteiger partial charge in [-0.3, -0.25) is 14.7 Å². The zero-order valence-electron chi connectivity index (χ0n) is 15.2. The standard InChI is InChI=1S/C20H27N3O2/c1-3-16-14-19(17-8-5-6-9-18(17)21-16)23-11-7-10-22(12-13-23)15-20(24)25-4-2/h5-6,8-9,14H,3-4,7,10-13,15H2,1-2H3. The minimum absolute atomic E-state index is 0.126. The minimum Gasteiger partial charge on any atom is -0.465 e. The molecule has 1 aromatic heterocycles. The fourth-order valence-corrected chi connectivity index (χ4v) is 3.41. The number of nitrogens with zero attached hydrogens (tertiary/aromatic N) is 3. The number of hydrogen-bond acceptors (Lipinski definition) is 5. The Balaban J connectivity index is 1.78. The van der Waals surface area contributed by atoms with Gasteiger partial charge in [0, 0.05) is 42.9 Å². The number of carbonyl (C=O) groups is 1. The van der Waals surface area contributed by atoms with Crippen molar-refractivity contribution < 1.29 is 9.53 Å². The number of anilines is 1. The van der Waals surface area contributed by atoms with Crippen LogP contribution in [0.1, 0.15) is 26.0 Å². The second-order valence-corrected chi connectivity index (χ2v) is 6.43. The second-order valence-electron chi connectivity index (χ2n) is 6.43. The van der Waals surface area contributed by atoms with Crippen LogP contribution in [0.2, 0.25) is 0 Å². The fourth-order valence-electron chi connectivity index (χ4n) is 3.41. The average Bonchev–Trinajstić information content (AvgIpc) is 2.86. The molecule has 0 spiro atoms. The van der Waals surface area contributed by atoms with Crippen molar-refractivity contribution in [3.05, 3.63) is 36.0 Å². The first kappa shape index (κ1) is 17.7. The number of benzene rings is 1. The van der Waals surface area contributed by atoms with E-state index >= 15 is 0 Å². The van der Waals surface area contributed by atoms with Crippen LogP contribution in [0.15, 0.2) is 30.3 Å². The molecule has 134 valence electrons. The van der Waals surface area contributed by atoms with E-state index in [0.29, 0.717) is 13.2 Å². The largest absolute Gasteiger partial charge is 0.465 e. The molecule has 1 aromatic carbocycles. The highest BCUT2D eigenvalue weighted by Crippen LogP contribution is 2.28. The van der Waals surface area contributed by atoms with Gasteiger partial charge in [0.2, 0.25) is 0 Å². The van der Waals surface area contributed by atoms with Crippen LogP contribution in [-0.2, 0) is 16.0 Å². The molecule has 0 bridgehead atoms. The van der Waals surface area contributed by atoms with Gasteiger partial charge in [-0.25, -0.2) is 0 Å². The number of hydrogen-bond donors (Lipinski definition) is 0. The molecule has 1 aliphatic heterocycles. The van der Waals surface area contributed by atoms with Crippen LogP contribution in [0.4, 0.5) is 5.69 Å². The van der Waals surface area contributed by atoms with Crippen LogP contribution in [0, 0.1) is 0 Å². The summed E-state index contributed by atoms with van der Waals surface area (Å²) in [6, 6.07) is 10.6. The third kappa shape index (κ3) is 4.28. The normalized spacial score (nSPS) is 16.0. The molecule has 3 rings (SSSR count).